The molecule has 0 aliphatic heterocycles. The first-order chi connectivity index (χ1) is 9.81. The van der Waals surface area contributed by atoms with Crippen molar-refractivity contribution in [2.24, 2.45) is 5.73 Å². The summed E-state index contributed by atoms with van der Waals surface area (Å²) in [6, 6.07) is -0.179. The van der Waals surface area contributed by atoms with E-state index in [0.29, 0.717) is 0 Å². The predicted octanol–water partition coefficient (Wildman–Crippen LogP) is 4.73. The molecule has 0 saturated carbocycles. The lowest BCUT2D eigenvalue weighted by atomic mass is 10.1. The lowest BCUT2D eigenvalue weighted by Gasteiger charge is -2.01. The first kappa shape index (κ1) is 19.4. The Morgan fingerprint density at radius 1 is 0.800 bits per heavy atom. The molecule has 0 saturated heterocycles. The second-order valence-electron chi connectivity index (χ2n) is 5.59. The van der Waals surface area contributed by atoms with Crippen molar-refractivity contribution in [2.75, 3.05) is 6.61 Å². The summed E-state index contributed by atoms with van der Waals surface area (Å²) in [6.07, 6.45) is 22.9. The van der Waals surface area contributed by atoms with E-state index in [-0.39, 0.29) is 12.6 Å². The number of aliphatic hydroxyl groups excluding tert-OH is 1. The van der Waals surface area contributed by atoms with Gasteiger partial charge in [-0.2, -0.15) is 0 Å². The van der Waals surface area contributed by atoms with Gasteiger partial charge in [-0.15, -0.1) is 0 Å². The molecule has 0 aromatic heterocycles. The van der Waals surface area contributed by atoms with E-state index in [4.69, 9.17) is 10.8 Å². The topological polar surface area (TPSA) is 46.2 Å². The molecule has 0 amide bonds. The zero-order chi connectivity index (χ0) is 14.9. The van der Waals surface area contributed by atoms with Crippen LogP contribution in [0.15, 0.2) is 24.3 Å². The van der Waals surface area contributed by atoms with Crippen LogP contribution in [0.4, 0.5) is 0 Å². The molecule has 0 bridgehead atoms. The van der Waals surface area contributed by atoms with E-state index in [1.54, 1.807) is 0 Å². The van der Waals surface area contributed by atoms with Crippen molar-refractivity contribution < 1.29 is 5.11 Å². The van der Waals surface area contributed by atoms with Crippen LogP contribution in [0.25, 0.3) is 0 Å². The molecule has 0 heterocycles. The first-order valence-electron chi connectivity index (χ1n) is 8.49. The minimum Gasteiger partial charge on any atom is -0.394 e. The molecule has 0 radical (unpaired) electrons. The summed E-state index contributed by atoms with van der Waals surface area (Å²) in [6.45, 7) is 2.27. The highest BCUT2D eigenvalue weighted by Crippen LogP contribution is 2.10. The van der Waals surface area contributed by atoms with Gasteiger partial charge in [0.15, 0.2) is 0 Å². The normalized spacial score (nSPS) is 13.6. The van der Waals surface area contributed by atoms with Gasteiger partial charge in [0.05, 0.1) is 6.61 Å². The van der Waals surface area contributed by atoms with Gasteiger partial charge < -0.3 is 10.8 Å². The summed E-state index contributed by atoms with van der Waals surface area (Å²) < 4.78 is 0. The number of hydrogen-bond donors (Lipinski definition) is 2. The SMILES string of the molecule is CCCC=CCCCCCCCCCC=CC(N)CO. The lowest BCUT2D eigenvalue weighted by molar-refractivity contribution is 0.284. The molecule has 0 spiro atoms. The fourth-order valence-electron chi connectivity index (χ4n) is 2.14. The molecule has 0 aromatic carbocycles. The number of rotatable bonds is 14. The van der Waals surface area contributed by atoms with E-state index < -0.39 is 0 Å². The number of aliphatic hydroxyl groups is 1. The van der Waals surface area contributed by atoms with Gasteiger partial charge >= 0.3 is 0 Å². The fourth-order valence-corrected chi connectivity index (χ4v) is 2.14. The molecule has 118 valence electrons. The third-order valence-electron chi connectivity index (χ3n) is 3.46. The fraction of sp³-hybridized carbons (Fsp3) is 0.778. The van der Waals surface area contributed by atoms with E-state index in [9.17, 15) is 0 Å². The molecule has 20 heavy (non-hydrogen) atoms. The Morgan fingerprint density at radius 3 is 1.85 bits per heavy atom. The highest BCUT2D eigenvalue weighted by atomic mass is 16.3. The smallest absolute Gasteiger partial charge is 0.0618 e. The maximum Gasteiger partial charge on any atom is 0.0618 e. The van der Waals surface area contributed by atoms with Crippen LogP contribution in [0.3, 0.4) is 0 Å². The minimum atomic E-state index is -0.179. The van der Waals surface area contributed by atoms with Crippen LogP contribution in [0.2, 0.25) is 0 Å². The number of allylic oxidation sites excluding steroid dienone is 3. The monoisotopic (exact) mass is 281 g/mol. The molecule has 0 aliphatic rings. The largest absolute Gasteiger partial charge is 0.394 e. The van der Waals surface area contributed by atoms with Crippen molar-refractivity contribution in [1.82, 2.24) is 0 Å². The zero-order valence-electron chi connectivity index (χ0n) is 13.4. The molecule has 1 atom stereocenters. The Balaban J connectivity index is 3.11. The van der Waals surface area contributed by atoms with Gasteiger partial charge in [-0.05, 0) is 32.1 Å². The second kappa shape index (κ2) is 16.5. The molecule has 1 unspecified atom stereocenters. The molecule has 0 aromatic rings. The van der Waals surface area contributed by atoms with Crippen LogP contribution >= 0.6 is 0 Å². The van der Waals surface area contributed by atoms with Crippen LogP contribution in [0.5, 0.6) is 0 Å². The quantitative estimate of drug-likeness (QED) is 0.357. The van der Waals surface area contributed by atoms with Crippen molar-refractivity contribution in [3.05, 3.63) is 24.3 Å². The summed E-state index contributed by atoms with van der Waals surface area (Å²) in [4.78, 5) is 0. The van der Waals surface area contributed by atoms with E-state index in [1.165, 1.54) is 64.2 Å². The molecule has 3 N–H and O–H groups in total. The molecular formula is C18H35NO. The molecular weight excluding hydrogens is 246 g/mol. The third kappa shape index (κ3) is 15.5. The van der Waals surface area contributed by atoms with Crippen LogP contribution in [0, 0.1) is 0 Å². The number of unbranched alkanes of at least 4 members (excludes halogenated alkanes) is 9. The Hall–Kier alpha value is -0.600. The molecule has 2 nitrogen and oxygen atoms in total. The van der Waals surface area contributed by atoms with Gasteiger partial charge in [0.25, 0.3) is 0 Å². The molecule has 0 rings (SSSR count). The average molecular weight is 281 g/mol. The van der Waals surface area contributed by atoms with Crippen LogP contribution in [-0.2, 0) is 0 Å². The van der Waals surface area contributed by atoms with Crippen LogP contribution in [0.1, 0.15) is 77.6 Å². The van der Waals surface area contributed by atoms with E-state index >= 15 is 0 Å². The zero-order valence-corrected chi connectivity index (χ0v) is 13.4. The lowest BCUT2D eigenvalue weighted by Crippen LogP contribution is -2.20. The molecule has 0 fully saturated rings. The maximum atomic E-state index is 8.76. The first-order valence-corrected chi connectivity index (χ1v) is 8.49. The highest BCUT2D eigenvalue weighted by Gasteiger charge is 1.93. The van der Waals surface area contributed by atoms with Gasteiger partial charge in [0, 0.05) is 6.04 Å². The van der Waals surface area contributed by atoms with Crippen molar-refractivity contribution in [3.63, 3.8) is 0 Å². The average Bonchev–Trinajstić information content (AvgIpc) is 2.47. The van der Waals surface area contributed by atoms with Gasteiger partial charge in [-0.25, -0.2) is 0 Å². The van der Waals surface area contributed by atoms with Gasteiger partial charge in [0.1, 0.15) is 0 Å². The van der Waals surface area contributed by atoms with Crippen molar-refractivity contribution in [2.45, 2.75) is 83.6 Å². The van der Waals surface area contributed by atoms with E-state index in [2.05, 4.69) is 25.2 Å². The Morgan fingerprint density at radius 2 is 1.30 bits per heavy atom. The summed E-state index contributed by atoms with van der Waals surface area (Å²) in [5.41, 5.74) is 5.58. The Kier molecular flexibility index (Phi) is 16.0. The van der Waals surface area contributed by atoms with E-state index in [1.807, 2.05) is 6.08 Å². The summed E-state index contributed by atoms with van der Waals surface area (Å²) >= 11 is 0. The van der Waals surface area contributed by atoms with Gasteiger partial charge in [0.2, 0.25) is 0 Å². The Labute approximate surface area is 126 Å². The highest BCUT2D eigenvalue weighted by molar-refractivity contribution is 4.90. The van der Waals surface area contributed by atoms with Crippen molar-refractivity contribution in [1.29, 1.82) is 0 Å². The molecule has 2 heteroatoms. The summed E-state index contributed by atoms with van der Waals surface area (Å²) in [7, 11) is 0. The number of hydrogen-bond acceptors (Lipinski definition) is 2. The summed E-state index contributed by atoms with van der Waals surface area (Å²) in [5, 5.41) is 8.76. The van der Waals surface area contributed by atoms with Crippen molar-refractivity contribution >= 4 is 0 Å². The second-order valence-corrected chi connectivity index (χ2v) is 5.59. The van der Waals surface area contributed by atoms with Crippen LogP contribution in [-0.4, -0.2) is 17.8 Å². The van der Waals surface area contributed by atoms with Gasteiger partial charge in [-0.3, -0.25) is 0 Å². The van der Waals surface area contributed by atoms with Crippen molar-refractivity contribution in [3.8, 4) is 0 Å². The van der Waals surface area contributed by atoms with Crippen LogP contribution < -0.4 is 5.73 Å². The Bertz CT molecular complexity index is 236. The minimum absolute atomic E-state index is 0.0458. The number of nitrogens with two attached hydrogens (primary N) is 1. The third-order valence-corrected chi connectivity index (χ3v) is 3.46. The summed E-state index contributed by atoms with van der Waals surface area (Å²) in [5.74, 6) is 0. The van der Waals surface area contributed by atoms with E-state index in [0.717, 1.165) is 6.42 Å². The predicted molar refractivity (Wildman–Crippen MR) is 89.8 cm³/mol. The molecule has 0 aliphatic carbocycles. The van der Waals surface area contributed by atoms with Gasteiger partial charge in [-0.1, -0.05) is 69.8 Å². The maximum absolute atomic E-state index is 8.76. The standard InChI is InChI=1S/C18H35NO/c1-2-3-4-5-6-7-8-9-10-11-12-13-14-15-16-18(19)17-20/h4-5,15-16,18,20H,2-3,6-14,17,19H2,1H3.